The molecule has 0 aromatic carbocycles. The Balaban J connectivity index is 2.80. The highest BCUT2D eigenvalue weighted by molar-refractivity contribution is 9.10. The summed E-state index contributed by atoms with van der Waals surface area (Å²) in [4.78, 5) is 0. The predicted octanol–water partition coefficient (Wildman–Crippen LogP) is 1.76. The normalized spacial score (nSPS) is 10.6. The number of halogens is 2. The highest BCUT2D eigenvalue weighted by Crippen LogP contribution is 2.16. The van der Waals surface area contributed by atoms with E-state index in [0.717, 1.165) is 10.2 Å². The van der Waals surface area contributed by atoms with Crippen molar-refractivity contribution < 1.29 is 9.13 Å². The van der Waals surface area contributed by atoms with Gasteiger partial charge in [0.05, 0.1) is 29.5 Å². The molecule has 0 aliphatic rings. The lowest BCUT2D eigenvalue weighted by molar-refractivity contribution is 0.175. The van der Waals surface area contributed by atoms with Crippen molar-refractivity contribution in [3.63, 3.8) is 0 Å². The fraction of sp³-hybridized carbons (Fsp3) is 0.571. The first kappa shape index (κ1) is 9.67. The number of hydrogen-bond donors (Lipinski definition) is 0. The second-order valence-corrected chi connectivity index (χ2v) is 3.14. The second kappa shape index (κ2) is 4.57. The smallest absolute Gasteiger partial charge is 0.109 e. The molecule has 5 heteroatoms. The van der Waals surface area contributed by atoms with Crippen LogP contribution in [0.25, 0.3) is 0 Å². The summed E-state index contributed by atoms with van der Waals surface area (Å²) >= 11 is 3.30. The Labute approximate surface area is 78.6 Å². The van der Waals surface area contributed by atoms with E-state index in [0.29, 0.717) is 6.61 Å². The van der Waals surface area contributed by atoms with Crippen molar-refractivity contribution in [2.24, 2.45) is 0 Å². The minimum atomic E-state index is -0.412. The molecule has 0 N–H and O–H groups in total. The van der Waals surface area contributed by atoms with Gasteiger partial charge in [0.2, 0.25) is 0 Å². The van der Waals surface area contributed by atoms with Gasteiger partial charge in [-0.1, -0.05) is 0 Å². The zero-order valence-corrected chi connectivity index (χ0v) is 8.34. The SMILES string of the molecule is COCc1c(Br)cnn1CCF. The van der Waals surface area contributed by atoms with E-state index in [9.17, 15) is 4.39 Å². The fourth-order valence-electron chi connectivity index (χ4n) is 0.941. The van der Waals surface area contributed by atoms with Gasteiger partial charge in [0.1, 0.15) is 6.67 Å². The zero-order valence-electron chi connectivity index (χ0n) is 6.76. The molecule has 12 heavy (non-hydrogen) atoms. The number of aromatic nitrogens is 2. The standard InChI is InChI=1S/C7H10BrFN2O/c1-12-5-7-6(8)4-10-11(7)3-2-9/h4H,2-3,5H2,1H3. The van der Waals surface area contributed by atoms with Crippen molar-refractivity contribution >= 4 is 15.9 Å². The van der Waals surface area contributed by atoms with E-state index in [4.69, 9.17) is 4.74 Å². The lowest BCUT2D eigenvalue weighted by Gasteiger charge is -2.03. The summed E-state index contributed by atoms with van der Waals surface area (Å²) < 4.78 is 19.4. The van der Waals surface area contributed by atoms with Crippen LogP contribution in [0.5, 0.6) is 0 Å². The first-order chi connectivity index (χ1) is 5.79. The Morgan fingerprint density at radius 2 is 2.50 bits per heavy atom. The maximum absolute atomic E-state index is 12.0. The molecule has 3 nitrogen and oxygen atoms in total. The number of ether oxygens (including phenoxy) is 1. The predicted molar refractivity (Wildman–Crippen MR) is 46.6 cm³/mol. The molecule has 1 rings (SSSR count). The molecular formula is C7H10BrFN2O. The molecule has 1 aromatic rings. The molecule has 0 radical (unpaired) electrons. The summed E-state index contributed by atoms with van der Waals surface area (Å²) in [6.07, 6.45) is 1.64. The summed E-state index contributed by atoms with van der Waals surface area (Å²) in [5.41, 5.74) is 0.871. The summed E-state index contributed by atoms with van der Waals surface area (Å²) in [5, 5.41) is 3.97. The minimum Gasteiger partial charge on any atom is -0.378 e. The summed E-state index contributed by atoms with van der Waals surface area (Å²) in [6, 6.07) is 0. The molecule has 1 aromatic heterocycles. The maximum Gasteiger partial charge on any atom is 0.109 e. The Hall–Kier alpha value is -0.420. The highest BCUT2D eigenvalue weighted by atomic mass is 79.9. The third kappa shape index (κ3) is 2.04. The number of aryl methyl sites for hydroxylation is 1. The fourth-order valence-corrected chi connectivity index (χ4v) is 1.35. The van der Waals surface area contributed by atoms with Crippen LogP contribution in [0.3, 0.4) is 0 Å². The van der Waals surface area contributed by atoms with Crippen molar-refractivity contribution in [1.29, 1.82) is 0 Å². The van der Waals surface area contributed by atoms with Gasteiger partial charge in [-0.25, -0.2) is 4.39 Å². The Morgan fingerprint density at radius 1 is 1.75 bits per heavy atom. The van der Waals surface area contributed by atoms with Gasteiger partial charge in [0.25, 0.3) is 0 Å². The average Bonchev–Trinajstić information content (AvgIpc) is 2.37. The first-order valence-electron chi connectivity index (χ1n) is 3.54. The van der Waals surface area contributed by atoms with Crippen molar-refractivity contribution in [2.75, 3.05) is 13.8 Å². The second-order valence-electron chi connectivity index (χ2n) is 2.28. The largest absolute Gasteiger partial charge is 0.378 e. The molecule has 0 bridgehead atoms. The molecule has 0 unspecified atom stereocenters. The third-order valence-electron chi connectivity index (χ3n) is 1.48. The molecule has 0 fully saturated rings. The molecule has 0 atom stereocenters. The molecule has 0 spiro atoms. The van der Waals surface area contributed by atoms with Gasteiger partial charge < -0.3 is 4.74 Å². The van der Waals surface area contributed by atoms with Crippen molar-refractivity contribution in [3.8, 4) is 0 Å². The average molecular weight is 237 g/mol. The molecule has 0 saturated heterocycles. The maximum atomic E-state index is 12.0. The van der Waals surface area contributed by atoms with E-state index in [1.807, 2.05) is 0 Å². The molecule has 68 valence electrons. The van der Waals surface area contributed by atoms with E-state index < -0.39 is 6.67 Å². The molecule has 0 aliphatic carbocycles. The van der Waals surface area contributed by atoms with Gasteiger partial charge in [-0.15, -0.1) is 0 Å². The van der Waals surface area contributed by atoms with Crippen molar-refractivity contribution in [3.05, 3.63) is 16.4 Å². The first-order valence-corrected chi connectivity index (χ1v) is 4.34. The van der Waals surface area contributed by atoms with Crippen LogP contribution in [0.4, 0.5) is 4.39 Å². The van der Waals surface area contributed by atoms with Gasteiger partial charge >= 0.3 is 0 Å². The van der Waals surface area contributed by atoms with E-state index in [-0.39, 0.29) is 6.54 Å². The van der Waals surface area contributed by atoms with Crippen LogP contribution in [-0.2, 0) is 17.9 Å². The van der Waals surface area contributed by atoms with Crippen LogP contribution in [0.2, 0.25) is 0 Å². The monoisotopic (exact) mass is 236 g/mol. The van der Waals surface area contributed by atoms with Crippen LogP contribution in [0, 0.1) is 0 Å². The molecule has 0 saturated carbocycles. The number of rotatable bonds is 4. The molecule has 1 heterocycles. The number of hydrogen-bond acceptors (Lipinski definition) is 2. The summed E-state index contributed by atoms with van der Waals surface area (Å²) in [6.45, 7) is 0.315. The van der Waals surface area contributed by atoms with Crippen LogP contribution in [0.1, 0.15) is 5.69 Å². The number of methoxy groups -OCH3 is 1. The van der Waals surface area contributed by atoms with Crippen molar-refractivity contribution in [1.82, 2.24) is 9.78 Å². The van der Waals surface area contributed by atoms with Gasteiger partial charge in [-0.05, 0) is 15.9 Å². The van der Waals surface area contributed by atoms with Gasteiger partial charge in [0, 0.05) is 7.11 Å². The van der Waals surface area contributed by atoms with Crippen molar-refractivity contribution in [2.45, 2.75) is 13.2 Å². The molecule has 0 amide bonds. The van der Waals surface area contributed by atoms with Crippen LogP contribution >= 0.6 is 15.9 Å². The lowest BCUT2D eigenvalue weighted by Crippen LogP contribution is -2.07. The minimum absolute atomic E-state index is 0.282. The van der Waals surface area contributed by atoms with Gasteiger partial charge in [-0.3, -0.25) is 4.68 Å². The summed E-state index contributed by atoms with van der Waals surface area (Å²) in [7, 11) is 1.60. The Bertz CT molecular complexity index is 252. The number of nitrogens with zero attached hydrogens (tertiary/aromatic N) is 2. The van der Waals surface area contributed by atoms with E-state index in [2.05, 4.69) is 21.0 Å². The highest BCUT2D eigenvalue weighted by Gasteiger charge is 2.07. The van der Waals surface area contributed by atoms with Gasteiger partial charge in [0.15, 0.2) is 0 Å². The lowest BCUT2D eigenvalue weighted by atomic mass is 10.4. The number of alkyl halides is 1. The van der Waals surface area contributed by atoms with E-state index in [1.54, 1.807) is 18.0 Å². The van der Waals surface area contributed by atoms with Crippen LogP contribution in [0.15, 0.2) is 10.7 Å². The van der Waals surface area contributed by atoms with E-state index in [1.165, 1.54) is 0 Å². The van der Waals surface area contributed by atoms with Crippen LogP contribution in [-0.4, -0.2) is 23.6 Å². The zero-order chi connectivity index (χ0) is 8.97. The third-order valence-corrected chi connectivity index (χ3v) is 2.14. The van der Waals surface area contributed by atoms with E-state index >= 15 is 0 Å². The topological polar surface area (TPSA) is 27.1 Å². The quantitative estimate of drug-likeness (QED) is 0.797. The van der Waals surface area contributed by atoms with Crippen LogP contribution < -0.4 is 0 Å². The molecular weight excluding hydrogens is 227 g/mol. The Morgan fingerprint density at radius 3 is 3.08 bits per heavy atom. The Kier molecular flexibility index (Phi) is 3.68. The van der Waals surface area contributed by atoms with Gasteiger partial charge in [-0.2, -0.15) is 5.10 Å². The molecule has 0 aliphatic heterocycles. The summed E-state index contributed by atoms with van der Waals surface area (Å²) in [5.74, 6) is 0.